The quantitative estimate of drug-likeness (QED) is 0.785. The van der Waals surface area contributed by atoms with Crippen LogP contribution in [0, 0.1) is 0 Å². The van der Waals surface area contributed by atoms with Crippen LogP contribution in [0.3, 0.4) is 0 Å². The summed E-state index contributed by atoms with van der Waals surface area (Å²) in [6.45, 7) is 6.48. The molecule has 1 aliphatic rings. The molecule has 90 valence electrons. The van der Waals surface area contributed by atoms with E-state index in [0.717, 1.165) is 32.4 Å². The van der Waals surface area contributed by atoms with Crippen molar-refractivity contribution in [2.45, 2.75) is 50.4 Å². The van der Waals surface area contributed by atoms with Crippen molar-refractivity contribution in [3.63, 3.8) is 0 Å². The number of nitrogens with zero attached hydrogens (tertiary/aromatic N) is 1. The summed E-state index contributed by atoms with van der Waals surface area (Å²) in [6.07, 6.45) is 5.03. The lowest BCUT2D eigenvalue weighted by Gasteiger charge is -2.36. The van der Waals surface area contributed by atoms with E-state index in [4.69, 9.17) is 5.73 Å². The fraction of sp³-hybridized carbons (Fsp3) is 1.00. The maximum Gasteiger partial charge on any atom is 0.0329 e. The van der Waals surface area contributed by atoms with E-state index < -0.39 is 10.8 Å². The molecule has 0 bridgehead atoms. The Morgan fingerprint density at radius 3 is 2.80 bits per heavy atom. The molecule has 1 rings (SSSR count). The lowest BCUT2D eigenvalue weighted by Crippen LogP contribution is -2.46. The van der Waals surface area contributed by atoms with Crippen molar-refractivity contribution >= 4 is 10.8 Å². The normalized spacial score (nSPS) is 32.5. The highest BCUT2D eigenvalue weighted by molar-refractivity contribution is 7.84. The molecule has 0 saturated carbocycles. The van der Waals surface area contributed by atoms with Crippen LogP contribution in [0.1, 0.15) is 33.1 Å². The first-order valence-electron chi connectivity index (χ1n) is 5.82. The van der Waals surface area contributed by atoms with Crippen LogP contribution in [0.15, 0.2) is 0 Å². The highest BCUT2D eigenvalue weighted by atomic mass is 32.2. The van der Waals surface area contributed by atoms with Gasteiger partial charge in [0.15, 0.2) is 0 Å². The van der Waals surface area contributed by atoms with Gasteiger partial charge in [-0.3, -0.25) is 4.21 Å². The van der Waals surface area contributed by atoms with Crippen molar-refractivity contribution in [1.29, 1.82) is 0 Å². The minimum atomic E-state index is -0.684. The Bertz CT molecular complexity index is 223. The zero-order valence-electron chi connectivity index (χ0n) is 10.1. The van der Waals surface area contributed by atoms with Gasteiger partial charge in [-0.05, 0) is 39.3 Å². The summed E-state index contributed by atoms with van der Waals surface area (Å²) in [5.41, 5.74) is 5.92. The molecule has 1 aliphatic heterocycles. The first-order valence-corrected chi connectivity index (χ1v) is 7.44. The fourth-order valence-electron chi connectivity index (χ4n) is 2.10. The van der Waals surface area contributed by atoms with Crippen LogP contribution in [0.4, 0.5) is 0 Å². The van der Waals surface area contributed by atoms with E-state index in [1.807, 2.05) is 0 Å². The second-order valence-corrected chi connectivity index (χ2v) is 6.57. The van der Waals surface area contributed by atoms with Gasteiger partial charge in [-0.2, -0.15) is 0 Å². The van der Waals surface area contributed by atoms with Gasteiger partial charge in [0, 0.05) is 34.4 Å². The molecular weight excluding hydrogens is 208 g/mol. The van der Waals surface area contributed by atoms with Gasteiger partial charge in [-0.15, -0.1) is 0 Å². The molecule has 4 heteroatoms. The summed E-state index contributed by atoms with van der Waals surface area (Å²) in [4.78, 5) is 2.48. The molecule has 0 aromatic carbocycles. The van der Waals surface area contributed by atoms with Crippen molar-refractivity contribution in [1.82, 2.24) is 4.90 Å². The maximum absolute atomic E-state index is 11.2. The minimum absolute atomic E-state index is 0.313. The average molecular weight is 232 g/mol. The Hall–Kier alpha value is 0.0700. The second-order valence-electron chi connectivity index (χ2n) is 4.77. The Balaban J connectivity index is 2.29. The smallest absolute Gasteiger partial charge is 0.0329 e. The van der Waals surface area contributed by atoms with Gasteiger partial charge in [0.25, 0.3) is 0 Å². The number of nitrogens with two attached hydrogens (primary N) is 1. The van der Waals surface area contributed by atoms with Crippen LogP contribution >= 0.6 is 0 Å². The van der Waals surface area contributed by atoms with E-state index >= 15 is 0 Å². The molecule has 0 aromatic heterocycles. The van der Waals surface area contributed by atoms with Gasteiger partial charge in [-0.25, -0.2) is 0 Å². The number of hydrogen-bond acceptors (Lipinski definition) is 3. The van der Waals surface area contributed by atoms with Crippen LogP contribution < -0.4 is 5.73 Å². The van der Waals surface area contributed by atoms with Crippen molar-refractivity contribution < 1.29 is 4.21 Å². The summed E-state index contributed by atoms with van der Waals surface area (Å²) >= 11 is 0. The van der Waals surface area contributed by atoms with Gasteiger partial charge in [0.05, 0.1) is 0 Å². The van der Waals surface area contributed by atoms with E-state index in [0.29, 0.717) is 17.3 Å². The number of rotatable bonds is 4. The molecule has 0 spiro atoms. The van der Waals surface area contributed by atoms with Crippen LogP contribution in [-0.2, 0) is 10.8 Å². The Kier molecular flexibility index (Phi) is 5.23. The van der Waals surface area contributed by atoms with Crippen molar-refractivity contribution in [2.24, 2.45) is 5.73 Å². The summed E-state index contributed by atoms with van der Waals surface area (Å²) in [6, 6.07) is 0.972. The van der Waals surface area contributed by atoms with Gasteiger partial charge in [0.1, 0.15) is 0 Å². The van der Waals surface area contributed by atoms with Crippen LogP contribution in [0.5, 0.6) is 0 Å². The molecule has 1 fully saturated rings. The molecule has 1 heterocycles. The highest BCUT2D eigenvalue weighted by Gasteiger charge is 2.23. The zero-order valence-corrected chi connectivity index (χ0v) is 10.9. The lowest BCUT2D eigenvalue weighted by molar-refractivity contribution is 0.146. The average Bonchev–Trinajstić information content (AvgIpc) is 2.15. The molecular formula is C11H24N2OS. The van der Waals surface area contributed by atoms with Crippen molar-refractivity contribution in [3.05, 3.63) is 0 Å². The maximum atomic E-state index is 11.2. The molecule has 0 amide bonds. The van der Waals surface area contributed by atoms with E-state index in [1.165, 1.54) is 0 Å². The van der Waals surface area contributed by atoms with Crippen LogP contribution in [0.2, 0.25) is 0 Å². The third-order valence-corrected chi connectivity index (χ3v) is 4.81. The van der Waals surface area contributed by atoms with Gasteiger partial charge in [0.2, 0.25) is 0 Å². The number of piperidine rings is 1. The Morgan fingerprint density at radius 1 is 1.60 bits per heavy atom. The Morgan fingerprint density at radius 2 is 2.27 bits per heavy atom. The standard InChI is InChI=1S/C11H24N2OS/c1-9-8-11(12)5-7-13(9)6-4-10(2)15(3)14/h9-11H,4-8,12H2,1-3H3. The van der Waals surface area contributed by atoms with Gasteiger partial charge >= 0.3 is 0 Å². The fourth-order valence-corrected chi connectivity index (χ4v) is 2.54. The van der Waals surface area contributed by atoms with Gasteiger partial charge in [-0.1, -0.05) is 6.92 Å². The monoisotopic (exact) mass is 232 g/mol. The van der Waals surface area contributed by atoms with Crippen molar-refractivity contribution in [3.8, 4) is 0 Å². The number of likely N-dealkylation sites (tertiary alicyclic amines) is 1. The van der Waals surface area contributed by atoms with E-state index in [9.17, 15) is 4.21 Å². The molecule has 4 atom stereocenters. The van der Waals surface area contributed by atoms with E-state index in [-0.39, 0.29) is 0 Å². The Labute approximate surface area is 95.9 Å². The molecule has 0 radical (unpaired) electrons. The summed E-state index contributed by atoms with van der Waals surface area (Å²) in [7, 11) is -0.684. The minimum Gasteiger partial charge on any atom is -0.328 e. The zero-order chi connectivity index (χ0) is 11.4. The predicted molar refractivity (Wildman–Crippen MR) is 66.4 cm³/mol. The number of hydrogen-bond donors (Lipinski definition) is 1. The largest absolute Gasteiger partial charge is 0.328 e. The third kappa shape index (κ3) is 4.21. The lowest BCUT2D eigenvalue weighted by atomic mass is 9.99. The molecule has 15 heavy (non-hydrogen) atoms. The van der Waals surface area contributed by atoms with E-state index in [2.05, 4.69) is 18.7 Å². The SMILES string of the molecule is CC1CC(N)CCN1CCC(C)S(C)=O. The first-order chi connectivity index (χ1) is 7.00. The highest BCUT2D eigenvalue weighted by Crippen LogP contribution is 2.16. The summed E-state index contributed by atoms with van der Waals surface area (Å²) < 4.78 is 11.2. The van der Waals surface area contributed by atoms with Gasteiger partial charge < -0.3 is 10.6 Å². The topological polar surface area (TPSA) is 46.3 Å². The summed E-state index contributed by atoms with van der Waals surface area (Å²) in [5, 5.41) is 0.313. The molecule has 3 nitrogen and oxygen atoms in total. The first kappa shape index (κ1) is 13.1. The van der Waals surface area contributed by atoms with Crippen LogP contribution in [-0.4, -0.2) is 45.8 Å². The molecule has 2 N–H and O–H groups in total. The van der Waals surface area contributed by atoms with E-state index in [1.54, 1.807) is 6.26 Å². The molecule has 0 aliphatic carbocycles. The molecule has 0 aromatic rings. The second kappa shape index (κ2) is 5.97. The molecule has 1 saturated heterocycles. The van der Waals surface area contributed by atoms with Crippen molar-refractivity contribution in [2.75, 3.05) is 19.3 Å². The summed E-state index contributed by atoms with van der Waals surface area (Å²) in [5.74, 6) is 0. The van der Waals surface area contributed by atoms with Crippen LogP contribution in [0.25, 0.3) is 0 Å². The molecule has 4 unspecified atom stereocenters. The predicted octanol–water partition coefficient (Wildman–Crippen LogP) is 0.955. The third-order valence-electron chi connectivity index (χ3n) is 3.44.